The molecule has 4 rings (SSSR count). The number of fused-ring (bicyclic) bond motifs is 1. The van der Waals surface area contributed by atoms with Gasteiger partial charge in [-0.15, -0.1) is 0 Å². The van der Waals surface area contributed by atoms with E-state index < -0.39 is 0 Å². The molecule has 2 aromatic rings. The van der Waals surface area contributed by atoms with Crippen molar-refractivity contribution in [3.8, 4) is 0 Å². The molecule has 0 saturated carbocycles. The van der Waals surface area contributed by atoms with Crippen LogP contribution in [0.5, 0.6) is 0 Å². The lowest BCUT2D eigenvalue weighted by molar-refractivity contribution is -0.131. The minimum Gasteiger partial charge on any atom is -0.373 e. The monoisotopic (exact) mass is 366 g/mol. The average molecular weight is 366 g/mol. The van der Waals surface area contributed by atoms with Crippen LogP contribution in [0.4, 0.5) is 5.82 Å². The molecule has 7 nitrogen and oxygen atoms in total. The Hall–Kier alpha value is -2.54. The highest BCUT2D eigenvalue weighted by molar-refractivity contribution is 5.78. The van der Waals surface area contributed by atoms with Gasteiger partial charge in [0.2, 0.25) is 5.91 Å². The van der Waals surface area contributed by atoms with Gasteiger partial charge in [-0.3, -0.25) is 9.78 Å². The zero-order valence-electron chi connectivity index (χ0n) is 15.7. The number of pyridine rings is 1. The largest absolute Gasteiger partial charge is 0.373 e. The lowest BCUT2D eigenvalue weighted by Crippen LogP contribution is -2.40. The summed E-state index contributed by atoms with van der Waals surface area (Å²) < 4.78 is 0. The fourth-order valence-corrected chi connectivity index (χ4v) is 3.94. The second kappa shape index (κ2) is 8.00. The number of hydrogen-bond donors (Lipinski definition) is 2. The van der Waals surface area contributed by atoms with Crippen molar-refractivity contribution in [1.82, 2.24) is 25.2 Å². The maximum atomic E-state index is 12.7. The molecule has 0 aromatic carbocycles. The first-order chi connectivity index (χ1) is 13.2. The van der Waals surface area contributed by atoms with Gasteiger partial charge in [-0.2, -0.15) is 0 Å². The van der Waals surface area contributed by atoms with Crippen molar-refractivity contribution < 1.29 is 4.79 Å². The van der Waals surface area contributed by atoms with Crippen LogP contribution in [0.2, 0.25) is 0 Å². The molecule has 0 unspecified atom stereocenters. The number of likely N-dealkylation sites (tertiary alicyclic amines) is 1. The van der Waals surface area contributed by atoms with Gasteiger partial charge in [-0.1, -0.05) is 6.07 Å². The lowest BCUT2D eigenvalue weighted by Gasteiger charge is -2.33. The second-order valence-electron chi connectivity index (χ2n) is 7.21. The van der Waals surface area contributed by atoms with Crippen molar-refractivity contribution in [3.63, 3.8) is 0 Å². The highest BCUT2D eigenvalue weighted by Crippen LogP contribution is 2.28. The number of carbonyl (C=O) groups is 1. The number of anilines is 1. The first-order valence-corrected chi connectivity index (χ1v) is 9.70. The van der Waals surface area contributed by atoms with Gasteiger partial charge in [-0.25, -0.2) is 9.97 Å². The van der Waals surface area contributed by atoms with E-state index in [0.717, 1.165) is 61.9 Å². The third-order valence-corrected chi connectivity index (χ3v) is 5.38. The Labute approximate surface area is 159 Å². The van der Waals surface area contributed by atoms with E-state index in [-0.39, 0.29) is 11.8 Å². The Morgan fingerprint density at radius 1 is 1.37 bits per heavy atom. The predicted octanol–water partition coefficient (Wildman–Crippen LogP) is 1.51. The van der Waals surface area contributed by atoms with Crippen molar-refractivity contribution >= 4 is 11.7 Å². The first-order valence-electron chi connectivity index (χ1n) is 9.70. The van der Waals surface area contributed by atoms with Gasteiger partial charge in [0.05, 0.1) is 12.1 Å². The van der Waals surface area contributed by atoms with Crippen LogP contribution in [0.1, 0.15) is 41.5 Å². The molecule has 1 amide bonds. The van der Waals surface area contributed by atoms with E-state index in [4.69, 9.17) is 9.97 Å². The summed E-state index contributed by atoms with van der Waals surface area (Å²) in [6.07, 6.45) is 5.01. The van der Waals surface area contributed by atoms with E-state index in [0.29, 0.717) is 13.0 Å². The van der Waals surface area contributed by atoms with Gasteiger partial charge in [0.25, 0.3) is 0 Å². The van der Waals surface area contributed by atoms with E-state index in [9.17, 15) is 4.79 Å². The number of rotatable bonds is 4. The van der Waals surface area contributed by atoms with Crippen molar-refractivity contribution in [2.24, 2.45) is 0 Å². The van der Waals surface area contributed by atoms with Crippen LogP contribution < -0.4 is 10.6 Å². The van der Waals surface area contributed by atoms with Crippen LogP contribution in [0.3, 0.4) is 0 Å². The molecule has 0 radical (unpaired) electrons. The maximum absolute atomic E-state index is 12.7. The van der Waals surface area contributed by atoms with Crippen LogP contribution >= 0.6 is 0 Å². The Balaban J connectivity index is 1.50. The smallest absolute Gasteiger partial charge is 0.228 e. The summed E-state index contributed by atoms with van der Waals surface area (Å²) in [5.41, 5.74) is 3.13. The molecular weight excluding hydrogens is 340 g/mol. The van der Waals surface area contributed by atoms with E-state index in [2.05, 4.69) is 15.6 Å². The summed E-state index contributed by atoms with van der Waals surface area (Å²) in [7, 11) is 1.91. The van der Waals surface area contributed by atoms with Crippen LogP contribution in [-0.2, 0) is 24.2 Å². The van der Waals surface area contributed by atoms with Crippen LogP contribution in [0, 0.1) is 0 Å². The predicted molar refractivity (Wildman–Crippen MR) is 103 cm³/mol. The number of nitrogens with zero attached hydrogens (tertiary/aromatic N) is 4. The van der Waals surface area contributed by atoms with E-state index in [1.807, 2.05) is 30.1 Å². The molecule has 2 aromatic heterocycles. The van der Waals surface area contributed by atoms with Gasteiger partial charge >= 0.3 is 0 Å². The zero-order chi connectivity index (χ0) is 18.6. The molecule has 2 aliphatic heterocycles. The molecule has 142 valence electrons. The molecule has 4 heterocycles. The molecule has 0 aliphatic carbocycles. The number of aromatic nitrogens is 3. The zero-order valence-corrected chi connectivity index (χ0v) is 15.7. The number of piperidine rings is 1. The fraction of sp³-hybridized carbons (Fsp3) is 0.500. The second-order valence-corrected chi connectivity index (χ2v) is 7.21. The number of carbonyl (C=O) groups excluding carboxylic acids is 1. The molecule has 2 aliphatic rings. The van der Waals surface area contributed by atoms with Gasteiger partial charge in [0, 0.05) is 63.0 Å². The van der Waals surface area contributed by atoms with E-state index in [1.165, 1.54) is 5.56 Å². The third kappa shape index (κ3) is 3.93. The van der Waals surface area contributed by atoms with Crippen molar-refractivity contribution in [2.75, 3.05) is 32.0 Å². The molecular formula is C20H26N6O. The van der Waals surface area contributed by atoms with Crippen LogP contribution in [-0.4, -0.2) is 52.4 Å². The maximum Gasteiger partial charge on any atom is 0.228 e. The standard InChI is InChI=1S/C20H26N6O/c1-21-20-16-12-22-9-7-17(16)24-19(25-20)14-5-4-10-26(13-14)18(27)11-15-6-2-3-8-23-15/h2-3,6,8,14,22H,4-5,7,9-13H2,1H3,(H,21,24,25)/t14-/m1/s1. The Bertz CT molecular complexity index is 792. The summed E-state index contributed by atoms with van der Waals surface area (Å²) >= 11 is 0. The minimum absolute atomic E-state index is 0.134. The van der Waals surface area contributed by atoms with Crippen LogP contribution in [0.15, 0.2) is 24.4 Å². The summed E-state index contributed by atoms with van der Waals surface area (Å²) in [6, 6.07) is 5.69. The third-order valence-electron chi connectivity index (χ3n) is 5.38. The van der Waals surface area contributed by atoms with Gasteiger partial charge in [-0.05, 0) is 25.0 Å². The average Bonchev–Trinajstić information content (AvgIpc) is 2.73. The fourth-order valence-electron chi connectivity index (χ4n) is 3.94. The summed E-state index contributed by atoms with van der Waals surface area (Å²) in [5.74, 6) is 2.11. The lowest BCUT2D eigenvalue weighted by atomic mass is 9.96. The topological polar surface area (TPSA) is 83.0 Å². The number of amides is 1. The van der Waals surface area contributed by atoms with Gasteiger partial charge in [0.1, 0.15) is 11.6 Å². The van der Waals surface area contributed by atoms with E-state index >= 15 is 0 Å². The summed E-state index contributed by atoms with van der Waals surface area (Å²) in [6.45, 7) is 3.25. The number of hydrogen-bond acceptors (Lipinski definition) is 6. The van der Waals surface area contributed by atoms with Crippen molar-refractivity contribution in [3.05, 3.63) is 47.2 Å². The first kappa shape index (κ1) is 17.9. The highest BCUT2D eigenvalue weighted by atomic mass is 16.2. The Morgan fingerprint density at radius 3 is 3.11 bits per heavy atom. The molecule has 1 fully saturated rings. The van der Waals surface area contributed by atoms with Gasteiger partial charge < -0.3 is 15.5 Å². The molecule has 0 bridgehead atoms. The summed E-state index contributed by atoms with van der Waals surface area (Å²) in [4.78, 5) is 28.6. The van der Waals surface area contributed by atoms with E-state index in [1.54, 1.807) is 6.20 Å². The quantitative estimate of drug-likeness (QED) is 0.853. The SMILES string of the molecule is CNc1nc([C@@H]2CCCN(C(=O)Cc3ccccn3)C2)nc2c1CNCC2. The molecule has 1 atom stereocenters. The highest BCUT2D eigenvalue weighted by Gasteiger charge is 2.28. The Morgan fingerprint density at radius 2 is 2.30 bits per heavy atom. The molecule has 27 heavy (non-hydrogen) atoms. The molecule has 7 heteroatoms. The van der Waals surface area contributed by atoms with Crippen molar-refractivity contribution in [2.45, 2.75) is 38.1 Å². The van der Waals surface area contributed by atoms with Crippen molar-refractivity contribution in [1.29, 1.82) is 0 Å². The summed E-state index contributed by atoms with van der Waals surface area (Å²) in [5, 5.41) is 6.60. The normalized spacial score (nSPS) is 19.4. The molecule has 0 spiro atoms. The van der Waals surface area contributed by atoms with Crippen LogP contribution in [0.25, 0.3) is 0 Å². The molecule has 1 saturated heterocycles. The minimum atomic E-state index is 0.134. The van der Waals surface area contributed by atoms with Gasteiger partial charge in [0.15, 0.2) is 0 Å². The Kier molecular flexibility index (Phi) is 5.29. The number of nitrogens with one attached hydrogen (secondary N) is 2. The molecule has 2 N–H and O–H groups in total.